The molecule has 0 spiro atoms. The Labute approximate surface area is 96.7 Å². The van der Waals surface area contributed by atoms with E-state index in [2.05, 4.69) is 16.5 Å². The van der Waals surface area contributed by atoms with Gasteiger partial charge in [-0.15, -0.1) is 0 Å². The van der Waals surface area contributed by atoms with Gasteiger partial charge in [0.2, 0.25) is 0 Å². The standard InChI is InChI=1S/C12H21N3O/c1-10-7-11(15(2)14-10)8-13-9-12(16)5-3-4-6-12/h7,13,16H,3-6,8-9H2,1-2H3. The number of hydrogen-bond donors (Lipinski definition) is 2. The average Bonchev–Trinajstić information content (AvgIpc) is 2.75. The van der Waals surface area contributed by atoms with Gasteiger partial charge in [-0.05, 0) is 25.8 Å². The Morgan fingerprint density at radius 3 is 2.75 bits per heavy atom. The smallest absolute Gasteiger partial charge is 0.0771 e. The highest BCUT2D eigenvalue weighted by Crippen LogP contribution is 2.28. The van der Waals surface area contributed by atoms with Gasteiger partial charge in [0.1, 0.15) is 0 Å². The van der Waals surface area contributed by atoms with Crippen LogP contribution in [0.1, 0.15) is 37.1 Å². The first-order valence-corrected chi connectivity index (χ1v) is 6.02. The molecule has 1 aromatic heterocycles. The second-order valence-corrected chi connectivity index (χ2v) is 4.94. The minimum Gasteiger partial charge on any atom is -0.389 e. The summed E-state index contributed by atoms with van der Waals surface area (Å²) in [4.78, 5) is 0. The molecule has 0 unspecified atom stereocenters. The van der Waals surface area contributed by atoms with Crippen LogP contribution in [-0.4, -0.2) is 27.0 Å². The van der Waals surface area contributed by atoms with E-state index >= 15 is 0 Å². The number of aliphatic hydroxyl groups is 1. The molecule has 0 radical (unpaired) electrons. The second-order valence-electron chi connectivity index (χ2n) is 4.94. The number of aromatic nitrogens is 2. The van der Waals surface area contributed by atoms with E-state index in [1.54, 1.807) is 0 Å². The quantitative estimate of drug-likeness (QED) is 0.804. The summed E-state index contributed by atoms with van der Waals surface area (Å²) >= 11 is 0. The summed E-state index contributed by atoms with van der Waals surface area (Å²) in [5, 5.41) is 17.8. The van der Waals surface area contributed by atoms with Crippen LogP contribution in [0.4, 0.5) is 0 Å². The molecule has 2 rings (SSSR count). The van der Waals surface area contributed by atoms with Gasteiger partial charge >= 0.3 is 0 Å². The Morgan fingerprint density at radius 2 is 2.19 bits per heavy atom. The third-order valence-electron chi connectivity index (χ3n) is 3.39. The number of aryl methyl sites for hydroxylation is 2. The van der Waals surface area contributed by atoms with E-state index in [1.165, 1.54) is 5.69 Å². The van der Waals surface area contributed by atoms with Crippen LogP contribution in [0.5, 0.6) is 0 Å². The third-order valence-corrected chi connectivity index (χ3v) is 3.39. The first-order chi connectivity index (χ1) is 7.59. The summed E-state index contributed by atoms with van der Waals surface area (Å²) in [6.45, 7) is 3.46. The van der Waals surface area contributed by atoms with Crippen molar-refractivity contribution in [3.8, 4) is 0 Å². The molecular weight excluding hydrogens is 202 g/mol. The fourth-order valence-corrected chi connectivity index (χ4v) is 2.46. The fourth-order valence-electron chi connectivity index (χ4n) is 2.46. The maximum absolute atomic E-state index is 10.2. The van der Waals surface area contributed by atoms with Crippen molar-refractivity contribution >= 4 is 0 Å². The molecule has 0 bridgehead atoms. The zero-order valence-electron chi connectivity index (χ0n) is 10.2. The zero-order valence-corrected chi connectivity index (χ0v) is 10.2. The number of rotatable bonds is 4. The van der Waals surface area contributed by atoms with E-state index in [0.29, 0.717) is 6.54 Å². The Morgan fingerprint density at radius 1 is 1.50 bits per heavy atom. The van der Waals surface area contributed by atoms with E-state index < -0.39 is 5.60 Å². The van der Waals surface area contributed by atoms with Crippen molar-refractivity contribution in [2.45, 2.75) is 44.8 Å². The fraction of sp³-hybridized carbons (Fsp3) is 0.750. The molecular formula is C12H21N3O. The molecule has 0 amide bonds. The SMILES string of the molecule is Cc1cc(CNCC2(O)CCCC2)n(C)n1. The predicted molar refractivity (Wildman–Crippen MR) is 63.1 cm³/mol. The van der Waals surface area contributed by atoms with Crippen molar-refractivity contribution < 1.29 is 5.11 Å². The van der Waals surface area contributed by atoms with Crippen LogP contribution in [0.25, 0.3) is 0 Å². The van der Waals surface area contributed by atoms with E-state index in [-0.39, 0.29) is 0 Å². The summed E-state index contributed by atoms with van der Waals surface area (Å²) < 4.78 is 1.89. The topological polar surface area (TPSA) is 50.1 Å². The highest BCUT2D eigenvalue weighted by atomic mass is 16.3. The van der Waals surface area contributed by atoms with Crippen LogP contribution in [0.15, 0.2) is 6.07 Å². The molecule has 2 N–H and O–H groups in total. The van der Waals surface area contributed by atoms with Gasteiger partial charge in [-0.3, -0.25) is 4.68 Å². The lowest BCUT2D eigenvalue weighted by atomic mass is 10.0. The highest BCUT2D eigenvalue weighted by Gasteiger charge is 2.30. The molecule has 1 heterocycles. The van der Waals surface area contributed by atoms with Crippen LogP contribution in [0.2, 0.25) is 0 Å². The Hall–Kier alpha value is -0.870. The average molecular weight is 223 g/mol. The van der Waals surface area contributed by atoms with Crippen LogP contribution in [0.3, 0.4) is 0 Å². The highest BCUT2D eigenvalue weighted by molar-refractivity contribution is 5.08. The minimum atomic E-state index is -0.465. The molecule has 0 atom stereocenters. The Kier molecular flexibility index (Phi) is 3.30. The molecule has 4 nitrogen and oxygen atoms in total. The predicted octanol–water partition coefficient (Wildman–Crippen LogP) is 1.12. The molecule has 0 saturated heterocycles. The molecule has 90 valence electrons. The molecule has 0 aliphatic heterocycles. The van der Waals surface area contributed by atoms with Crippen LogP contribution in [0, 0.1) is 6.92 Å². The minimum absolute atomic E-state index is 0.465. The lowest BCUT2D eigenvalue weighted by Crippen LogP contribution is -2.37. The lowest BCUT2D eigenvalue weighted by molar-refractivity contribution is 0.0473. The van der Waals surface area contributed by atoms with E-state index in [1.807, 2.05) is 18.7 Å². The van der Waals surface area contributed by atoms with E-state index in [9.17, 15) is 5.11 Å². The third kappa shape index (κ3) is 2.62. The van der Waals surface area contributed by atoms with Gasteiger partial charge in [-0.2, -0.15) is 5.10 Å². The summed E-state index contributed by atoms with van der Waals surface area (Å²) in [5.41, 5.74) is 1.74. The number of hydrogen-bond acceptors (Lipinski definition) is 3. The summed E-state index contributed by atoms with van der Waals surface area (Å²) in [7, 11) is 1.95. The van der Waals surface area contributed by atoms with Gasteiger partial charge in [-0.25, -0.2) is 0 Å². The second kappa shape index (κ2) is 4.55. The molecule has 1 aliphatic rings. The van der Waals surface area contributed by atoms with Crippen LogP contribution >= 0.6 is 0 Å². The summed E-state index contributed by atoms with van der Waals surface area (Å²) in [6.07, 6.45) is 4.18. The van der Waals surface area contributed by atoms with Crippen LogP contribution in [-0.2, 0) is 13.6 Å². The van der Waals surface area contributed by atoms with Crippen molar-refractivity contribution in [2.24, 2.45) is 7.05 Å². The molecule has 1 fully saturated rings. The number of nitrogens with zero attached hydrogens (tertiary/aromatic N) is 2. The van der Waals surface area contributed by atoms with E-state index in [0.717, 1.165) is 37.9 Å². The first-order valence-electron chi connectivity index (χ1n) is 6.02. The van der Waals surface area contributed by atoms with E-state index in [4.69, 9.17) is 0 Å². The van der Waals surface area contributed by atoms with Crippen molar-refractivity contribution in [2.75, 3.05) is 6.54 Å². The molecule has 1 aromatic rings. The van der Waals surface area contributed by atoms with Gasteiger partial charge in [0, 0.05) is 20.1 Å². The van der Waals surface area contributed by atoms with Gasteiger partial charge in [0.15, 0.2) is 0 Å². The van der Waals surface area contributed by atoms with Crippen molar-refractivity contribution in [3.05, 3.63) is 17.5 Å². The largest absolute Gasteiger partial charge is 0.389 e. The van der Waals surface area contributed by atoms with Gasteiger partial charge in [0.05, 0.1) is 17.0 Å². The Balaban J connectivity index is 1.81. The molecule has 1 saturated carbocycles. The van der Waals surface area contributed by atoms with Crippen LogP contribution < -0.4 is 5.32 Å². The monoisotopic (exact) mass is 223 g/mol. The normalized spacial score (nSPS) is 19.2. The molecule has 1 aliphatic carbocycles. The summed E-state index contributed by atoms with van der Waals surface area (Å²) in [6, 6.07) is 2.08. The summed E-state index contributed by atoms with van der Waals surface area (Å²) in [5.74, 6) is 0. The van der Waals surface area contributed by atoms with Crippen molar-refractivity contribution in [3.63, 3.8) is 0 Å². The van der Waals surface area contributed by atoms with Crippen molar-refractivity contribution in [1.29, 1.82) is 0 Å². The first kappa shape index (κ1) is 11.6. The van der Waals surface area contributed by atoms with Gasteiger partial charge < -0.3 is 10.4 Å². The van der Waals surface area contributed by atoms with Gasteiger partial charge in [-0.1, -0.05) is 12.8 Å². The lowest BCUT2D eigenvalue weighted by Gasteiger charge is -2.22. The Bertz CT molecular complexity index is 353. The van der Waals surface area contributed by atoms with Crippen molar-refractivity contribution in [1.82, 2.24) is 15.1 Å². The maximum Gasteiger partial charge on any atom is 0.0771 e. The molecule has 0 aromatic carbocycles. The zero-order chi connectivity index (χ0) is 11.6. The number of nitrogens with one attached hydrogen (secondary N) is 1. The van der Waals surface area contributed by atoms with Gasteiger partial charge in [0.25, 0.3) is 0 Å². The molecule has 4 heteroatoms. The maximum atomic E-state index is 10.2. The molecule has 16 heavy (non-hydrogen) atoms.